The summed E-state index contributed by atoms with van der Waals surface area (Å²) < 4.78 is 44.1. The van der Waals surface area contributed by atoms with Crippen molar-refractivity contribution in [3.8, 4) is 17.2 Å². The van der Waals surface area contributed by atoms with E-state index in [1.165, 1.54) is 23.5 Å². The SMILES string of the molecule is CCN(c1ccccc1)S(=O)(=O)c1ccc(OC)c(NC(=O)CCc2ccc3c(c2)OCO3)c1. The van der Waals surface area contributed by atoms with Gasteiger partial charge in [0.2, 0.25) is 12.7 Å². The summed E-state index contributed by atoms with van der Waals surface area (Å²) in [6, 6.07) is 18.9. The fourth-order valence-corrected chi connectivity index (χ4v) is 5.23. The van der Waals surface area contributed by atoms with Gasteiger partial charge in [0.1, 0.15) is 5.75 Å². The molecule has 1 heterocycles. The molecule has 1 aliphatic rings. The molecule has 0 fully saturated rings. The minimum Gasteiger partial charge on any atom is -0.495 e. The van der Waals surface area contributed by atoms with Gasteiger partial charge in [-0.1, -0.05) is 24.3 Å². The minimum absolute atomic E-state index is 0.0603. The third-order valence-corrected chi connectivity index (χ3v) is 7.34. The fourth-order valence-electron chi connectivity index (χ4n) is 3.73. The van der Waals surface area contributed by atoms with Crippen LogP contribution in [0.1, 0.15) is 18.9 Å². The minimum atomic E-state index is -3.85. The van der Waals surface area contributed by atoms with E-state index in [2.05, 4.69) is 5.32 Å². The number of nitrogens with one attached hydrogen (secondary N) is 1. The Balaban J connectivity index is 1.51. The smallest absolute Gasteiger partial charge is 0.264 e. The van der Waals surface area contributed by atoms with Crippen molar-refractivity contribution in [3.05, 3.63) is 72.3 Å². The zero-order valence-electron chi connectivity index (χ0n) is 19.0. The van der Waals surface area contributed by atoms with Gasteiger partial charge in [0.25, 0.3) is 10.0 Å². The first kappa shape index (κ1) is 23.4. The monoisotopic (exact) mass is 482 g/mol. The number of benzene rings is 3. The molecular formula is C25H26N2O6S. The summed E-state index contributed by atoms with van der Waals surface area (Å²) in [5.41, 5.74) is 1.79. The third kappa shape index (κ3) is 4.94. The van der Waals surface area contributed by atoms with Gasteiger partial charge in [0, 0.05) is 13.0 Å². The standard InChI is InChI=1S/C25H26N2O6S/c1-3-27(19-7-5-4-6-8-19)34(29,30)20-11-13-22(31-2)21(16-20)26-25(28)14-10-18-9-12-23-24(15-18)33-17-32-23/h4-9,11-13,15-16H,3,10,14,17H2,1-2H3,(H,26,28). The first-order valence-corrected chi connectivity index (χ1v) is 12.3. The molecule has 3 aromatic carbocycles. The van der Waals surface area contributed by atoms with Gasteiger partial charge in [-0.3, -0.25) is 9.10 Å². The van der Waals surface area contributed by atoms with Crippen LogP contribution in [-0.4, -0.2) is 34.8 Å². The van der Waals surface area contributed by atoms with E-state index in [0.717, 1.165) is 5.56 Å². The highest BCUT2D eigenvalue weighted by atomic mass is 32.2. The first-order chi connectivity index (χ1) is 16.4. The Morgan fingerprint density at radius 2 is 1.79 bits per heavy atom. The summed E-state index contributed by atoms with van der Waals surface area (Å²) in [5, 5.41) is 2.79. The van der Waals surface area contributed by atoms with Crippen LogP contribution in [-0.2, 0) is 21.2 Å². The second-order valence-corrected chi connectivity index (χ2v) is 9.47. The van der Waals surface area contributed by atoms with Crippen molar-refractivity contribution in [2.75, 3.05) is 30.1 Å². The number of amides is 1. The van der Waals surface area contributed by atoms with Crippen LogP contribution >= 0.6 is 0 Å². The summed E-state index contributed by atoms with van der Waals surface area (Å²) in [7, 11) is -2.38. The quantitative estimate of drug-likeness (QED) is 0.491. The highest BCUT2D eigenvalue weighted by Crippen LogP contribution is 2.33. The van der Waals surface area contributed by atoms with Crippen molar-refractivity contribution in [1.82, 2.24) is 0 Å². The molecule has 0 spiro atoms. The lowest BCUT2D eigenvalue weighted by Crippen LogP contribution is -2.30. The molecule has 0 aliphatic carbocycles. The Labute approximate surface area is 199 Å². The van der Waals surface area contributed by atoms with Gasteiger partial charge in [-0.25, -0.2) is 8.42 Å². The van der Waals surface area contributed by atoms with Crippen molar-refractivity contribution < 1.29 is 27.4 Å². The summed E-state index contributed by atoms with van der Waals surface area (Å²) in [6.45, 7) is 2.22. The van der Waals surface area contributed by atoms with Crippen molar-refractivity contribution in [2.45, 2.75) is 24.7 Å². The number of methoxy groups -OCH3 is 1. The largest absolute Gasteiger partial charge is 0.495 e. The lowest BCUT2D eigenvalue weighted by Gasteiger charge is -2.23. The number of carbonyl (C=O) groups is 1. The van der Waals surface area contributed by atoms with E-state index >= 15 is 0 Å². The van der Waals surface area contributed by atoms with Crippen LogP contribution in [0.5, 0.6) is 17.2 Å². The molecule has 4 rings (SSSR count). The zero-order chi connectivity index (χ0) is 24.1. The number of para-hydroxylation sites is 1. The van der Waals surface area contributed by atoms with E-state index in [9.17, 15) is 13.2 Å². The van der Waals surface area contributed by atoms with Gasteiger partial charge in [0.05, 0.1) is 23.4 Å². The van der Waals surface area contributed by atoms with Crippen LogP contribution in [0.4, 0.5) is 11.4 Å². The van der Waals surface area contributed by atoms with Gasteiger partial charge < -0.3 is 19.5 Å². The molecular weight excluding hydrogens is 456 g/mol. The van der Waals surface area contributed by atoms with Gasteiger partial charge in [-0.15, -0.1) is 0 Å². The average molecular weight is 483 g/mol. The van der Waals surface area contributed by atoms with Gasteiger partial charge in [-0.05, 0) is 61.4 Å². The Bertz CT molecular complexity index is 1280. The van der Waals surface area contributed by atoms with E-state index in [-0.39, 0.29) is 30.6 Å². The molecule has 1 aliphatic heterocycles. The van der Waals surface area contributed by atoms with Gasteiger partial charge in [0.15, 0.2) is 11.5 Å². The topological polar surface area (TPSA) is 94.2 Å². The number of fused-ring (bicyclic) bond motifs is 1. The summed E-state index contributed by atoms with van der Waals surface area (Å²) in [4.78, 5) is 12.7. The molecule has 0 aromatic heterocycles. The number of rotatable bonds is 9. The molecule has 9 heteroatoms. The van der Waals surface area contributed by atoms with Crippen LogP contribution < -0.4 is 23.8 Å². The number of nitrogens with zero attached hydrogens (tertiary/aromatic N) is 1. The summed E-state index contributed by atoms with van der Waals surface area (Å²) >= 11 is 0. The van der Waals surface area contributed by atoms with Crippen LogP contribution in [0, 0.1) is 0 Å². The summed E-state index contributed by atoms with van der Waals surface area (Å²) in [5.74, 6) is 1.46. The van der Waals surface area contributed by atoms with Crippen molar-refractivity contribution in [3.63, 3.8) is 0 Å². The maximum Gasteiger partial charge on any atom is 0.264 e. The van der Waals surface area contributed by atoms with E-state index in [4.69, 9.17) is 14.2 Å². The van der Waals surface area contributed by atoms with E-state index in [1.54, 1.807) is 37.3 Å². The fraction of sp³-hybridized carbons (Fsp3) is 0.240. The lowest BCUT2D eigenvalue weighted by atomic mass is 10.1. The molecule has 0 saturated carbocycles. The second kappa shape index (κ2) is 10.0. The number of aryl methyl sites for hydroxylation is 1. The number of ether oxygens (including phenoxy) is 3. The zero-order valence-corrected chi connectivity index (χ0v) is 19.8. The molecule has 8 nitrogen and oxygen atoms in total. The number of carbonyl (C=O) groups excluding carboxylic acids is 1. The van der Waals surface area contributed by atoms with Crippen molar-refractivity contribution in [2.24, 2.45) is 0 Å². The molecule has 178 valence electrons. The molecule has 0 unspecified atom stereocenters. The van der Waals surface area contributed by atoms with Crippen LogP contribution in [0.3, 0.4) is 0 Å². The molecule has 0 radical (unpaired) electrons. The Kier molecular flexibility index (Phi) is 6.93. The van der Waals surface area contributed by atoms with Crippen molar-refractivity contribution in [1.29, 1.82) is 0 Å². The highest BCUT2D eigenvalue weighted by molar-refractivity contribution is 7.92. The molecule has 0 saturated heterocycles. The third-order valence-electron chi connectivity index (χ3n) is 5.44. The number of hydrogen-bond donors (Lipinski definition) is 1. The Morgan fingerprint density at radius 1 is 1.03 bits per heavy atom. The van der Waals surface area contributed by atoms with Crippen LogP contribution in [0.2, 0.25) is 0 Å². The molecule has 34 heavy (non-hydrogen) atoms. The highest BCUT2D eigenvalue weighted by Gasteiger charge is 2.25. The number of anilines is 2. The molecule has 1 amide bonds. The predicted molar refractivity (Wildman–Crippen MR) is 129 cm³/mol. The van der Waals surface area contributed by atoms with Crippen LogP contribution in [0.25, 0.3) is 0 Å². The van der Waals surface area contributed by atoms with Crippen LogP contribution in [0.15, 0.2) is 71.6 Å². The maximum absolute atomic E-state index is 13.4. The van der Waals surface area contributed by atoms with Gasteiger partial charge >= 0.3 is 0 Å². The molecule has 3 aromatic rings. The Morgan fingerprint density at radius 3 is 2.53 bits per heavy atom. The normalized spacial score (nSPS) is 12.3. The van der Waals surface area contributed by atoms with E-state index < -0.39 is 10.0 Å². The lowest BCUT2D eigenvalue weighted by molar-refractivity contribution is -0.116. The number of hydrogen-bond acceptors (Lipinski definition) is 6. The van der Waals surface area contributed by atoms with Gasteiger partial charge in [-0.2, -0.15) is 0 Å². The molecule has 1 N–H and O–H groups in total. The predicted octanol–water partition coefficient (Wildman–Crippen LogP) is 4.21. The molecule has 0 bridgehead atoms. The van der Waals surface area contributed by atoms with Crippen molar-refractivity contribution >= 4 is 27.3 Å². The van der Waals surface area contributed by atoms with E-state index in [1.807, 2.05) is 24.3 Å². The summed E-state index contributed by atoms with van der Waals surface area (Å²) in [6.07, 6.45) is 0.686. The molecule has 0 atom stereocenters. The van der Waals surface area contributed by atoms with E-state index in [0.29, 0.717) is 35.0 Å². The second-order valence-electron chi connectivity index (χ2n) is 7.60. The maximum atomic E-state index is 13.4. The number of sulfonamides is 1. The Hall–Kier alpha value is -3.72. The average Bonchev–Trinajstić information content (AvgIpc) is 3.31. The first-order valence-electron chi connectivity index (χ1n) is 10.9.